The van der Waals surface area contributed by atoms with Crippen LogP contribution in [0.4, 0.5) is 0 Å². The molecule has 0 spiro atoms. The molecular formula is C14H13N2+. The number of hydrogen-bond acceptors (Lipinski definition) is 1. The van der Waals surface area contributed by atoms with Gasteiger partial charge in [-0.3, -0.25) is 0 Å². The number of fused-ring (bicyclic) bond motifs is 3. The summed E-state index contributed by atoms with van der Waals surface area (Å²) in [5.41, 5.74) is 2.34. The van der Waals surface area contributed by atoms with Gasteiger partial charge in [0.15, 0.2) is 5.52 Å². The Kier molecular flexibility index (Phi) is 1.90. The minimum atomic E-state index is 1.09. The third-order valence-corrected chi connectivity index (χ3v) is 3.18. The predicted octanol–water partition coefficient (Wildman–Crippen LogP) is 2.52. The van der Waals surface area contributed by atoms with Crippen LogP contribution < -0.4 is 4.57 Å². The average Bonchev–Trinajstić information content (AvgIpc) is 2.33. The normalized spacial score (nSPS) is 11.1. The van der Waals surface area contributed by atoms with Gasteiger partial charge >= 0.3 is 0 Å². The van der Waals surface area contributed by atoms with Crippen LogP contribution in [0.15, 0.2) is 42.7 Å². The van der Waals surface area contributed by atoms with E-state index in [9.17, 15) is 0 Å². The molecular weight excluding hydrogens is 196 g/mol. The van der Waals surface area contributed by atoms with Crippen LogP contribution in [0.5, 0.6) is 0 Å². The van der Waals surface area contributed by atoms with Crippen molar-refractivity contribution in [2.75, 3.05) is 0 Å². The van der Waals surface area contributed by atoms with E-state index in [1.54, 1.807) is 0 Å². The molecule has 3 rings (SSSR count). The zero-order valence-electron chi connectivity index (χ0n) is 9.44. The molecule has 2 nitrogen and oxygen atoms in total. The Morgan fingerprint density at radius 1 is 1.00 bits per heavy atom. The maximum Gasteiger partial charge on any atom is 0.286 e. The van der Waals surface area contributed by atoms with Crippen molar-refractivity contribution in [1.29, 1.82) is 0 Å². The molecule has 78 valence electrons. The van der Waals surface area contributed by atoms with Gasteiger partial charge in [-0.2, -0.15) is 0 Å². The fourth-order valence-electron chi connectivity index (χ4n) is 2.11. The Balaban J connectivity index is 2.58. The molecule has 0 amide bonds. The maximum absolute atomic E-state index is 4.53. The number of hydrogen-bond donors (Lipinski definition) is 0. The van der Waals surface area contributed by atoms with E-state index in [4.69, 9.17) is 0 Å². The molecule has 0 saturated carbocycles. The molecule has 3 aromatic rings. The van der Waals surface area contributed by atoms with Gasteiger partial charge in [0, 0.05) is 5.39 Å². The molecule has 0 aliphatic heterocycles. The quantitative estimate of drug-likeness (QED) is 0.410. The van der Waals surface area contributed by atoms with Gasteiger partial charge in [-0.25, -0.2) is 4.57 Å². The molecule has 16 heavy (non-hydrogen) atoms. The standard InChI is InChI=1S/C14H13N2/c1-10-12-8-7-11-5-3-4-6-13(11)14(12)15-9-16(10)2/h3-9H,1-2H3/q+1. The van der Waals surface area contributed by atoms with Crippen molar-refractivity contribution in [1.82, 2.24) is 4.98 Å². The van der Waals surface area contributed by atoms with E-state index in [-0.39, 0.29) is 0 Å². The van der Waals surface area contributed by atoms with Gasteiger partial charge in [0.05, 0.1) is 12.4 Å². The number of aromatic nitrogens is 2. The largest absolute Gasteiger partial charge is 0.286 e. The fourth-order valence-corrected chi connectivity index (χ4v) is 2.11. The summed E-state index contributed by atoms with van der Waals surface area (Å²) < 4.78 is 2.05. The second-order valence-electron chi connectivity index (χ2n) is 4.12. The summed E-state index contributed by atoms with van der Waals surface area (Å²) in [5, 5.41) is 3.70. The topological polar surface area (TPSA) is 16.8 Å². The van der Waals surface area contributed by atoms with Gasteiger partial charge in [0.25, 0.3) is 6.33 Å². The van der Waals surface area contributed by atoms with Crippen LogP contribution in [0, 0.1) is 6.92 Å². The van der Waals surface area contributed by atoms with Crippen molar-refractivity contribution in [2.24, 2.45) is 7.05 Å². The Morgan fingerprint density at radius 2 is 1.81 bits per heavy atom. The zero-order chi connectivity index (χ0) is 11.1. The summed E-state index contributed by atoms with van der Waals surface area (Å²) in [6.45, 7) is 2.12. The van der Waals surface area contributed by atoms with Gasteiger partial charge in [0.1, 0.15) is 5.69 Å². The van der Waals surface area contributed by atoms with E-state index in [1.165, 1.54) is 21.9 Å². The molecule has 1 heterocycles. The highest BCUT2D eigenvalue weighted by molar-refractivity contribution is 6.05. The second-order valence-corrected chi connectivity index (χ2v) is 4.12. The Hall–Kier alpha value is -1.96. The molecule has 0 N–H and O–H groups in total. The summed E-state index contributed by atoms with van der Waals surface area (Å²) in [6.07, 6.45) is 1.88. The highest BCUT2D eigenvalue weighted by Crippen LogP contribution is 2.23. The van der Waals surface area contributed by atoms with Crippen molar-refractivity contribution in [2.45, 2.75) is 6.92 Å². The molecule has 0 fully saturated rings. The van der Waals surface area contributed by atoms with Crippen LogP contribution in [-0.4, -0.2) is 4.98 Å². The lowest BCUT2D eigenvalue weighted by atomic mass is 10.1. The maximum atomic E-state index is 4.53. The summed E-state index contributed by atoms with van der Waals surface area (Å²) in [7, 11) is 2.02. The molecule has 0 saturated heterocycles. The number of rotatable bonds is 0. The molecule has 0 aliphatic rings. The summed E-state index contributed by atoms with van der Waals surface area (Å²) in [6, 6.07) is 12.7. The molecule has 0 atom stereocenters. The summed E-state index contributed by atoms with van der Waals surface area (Å²) >= 11 is 0. The minimum Gasteiger partial charge on any atom is -0.237 e. The van der Waals surface area contributed by atoms with E-state index in [2.05, 4.69) is 52.9 Å². The fraction of sp³-hybridized carbons (Fsp3) is 0.143. The lowest BCUT2D eigenvalue weighted by Gasteiger charge is -2.02. The SMILES string of the molecule is Cc1c2ccc3ccccc3c2nc[n+]1C. The molecule has 0 aliphatic carbocycles. The van der Waals surface area contributed by atoms with Gasteiger partial charge in [-0.1, -0.05) is 24.3 Å². The molecule has 0 unspecified atom stereocenters. The number of nitrogens with zero attached hydrogens (tertiary/aromatic N) is 2. The first-order valence-electron chi connectivity index (χ1n) is 5.40. The highest BCUT2D eigenvalue weighted by atomic mass is 15.0. The van der Waals surface area contributed by atoms with Crippen molar-refractivity contribution in [3.63, 3.8) is 0 Å². The first kappa shape index (κ1) is 9.28. The van der Waals surface area contributed by atoms with Crippen LogP contribution in [0.25, 0.3) is 21.7 Å². The second kappa shape index (κ2) is 3.27. The third kappa shape index (κ3) is 1.20. The van der Waals surface area contributed by atoms with Crippen LogP contribution in [0.1, 0.15) is 5.69 Å². The first-order valence-corrected chi connectivity index (χ1v) is 5.40. The van der Waals surface area contributed by atoms with Gasteiger partial charge < -0.3 is 0 Å². The molecule has 2 heteroatoms. The Bertz CT molecular complexity index is 687. The molecule has 0 bridgehead atoms. The first-order chi connectivity index (χ1) is 7.77. The van der Waals surface area contributed by atoms with Crippen LogP contribution in [0.2, 0.25) is 0 Å². The zero-order valence-corrected chi connectivity index (χ0v) is 9.44. The van der Waals surface area contributed by atoms with Gasteiger partial charge in [-0.05, 0) is 29.4 Å². The van der Waals surface area contributed by atoms with Crippen molar-refractivity contribution in [3.05, 3.63) is 48.4 Å². The van der Waals surface area contributed by atoms with Crippen molar-refractivity contribution in [3.8, 4) is 0 Å². The van der Waals surface area contributed by atoms with Gasteiger partial charge in [0.2, 0.25) is 0 Å². The lowest BCUT2D eigenvalue weighted by Crippen LogP contribution is -2.32. The van der Waals surface area contributed by atoms with E-state index in [0.29, 0.717) is 0 Å². The van der Waals surface area contributed by atoms with Crippen molar-refractivity contribution < 1.29 is 4.57 Å². The van der Waals surface area contributed by atoms with E-state index < -0.39 is 0 Å². The third-order valence-electron chi connectivity index (χ3n) is 3.18. The van der Waals surface area contributed by atoms with E-state index in [1.807, 2.05) is 13.4 Å². The molecule has 0 radical (unpaired) electrons. The highest BCUT2D eigenvalue weighted by Gasteiger charge is 2.10. The molecule has 1 aromatic heterocycles. The Morgan fingerprint density at radius 3 is 2.69 bits per heavy atom. The smallest absolute Gasteiger partial charge is 0.237 e. The monoisotopic (exact) mass is 209 g/mol. The lowest BCUT2D eigenvalue weighted by molar-refractivity contribution is -0.679. The minimum absolute atomic E-state index is 1.09. The van der Waals surface area contributed by atoms with E-state index in [0.717, 1.165) is 5.52 Å². The van der Waals surface area contributed by atoms with Crippen LogP contribution >= 0.6 is 0 Å². The van der Waals surface area contributed by atoms with E-state index >= 15 is 0 Å². The van der Waals surface area contributed by atoms with Gasteiger partial charge in [-0.15, -0.1) is 0 Å². The summed E-state index contributed by atoms with van der Waals surface area (Å²) in [4.78, 5) is 4.53. The van der Waals surface area contributed by atoms with Crippen LogP contribution in [0.3, 0.4) is 0 Å². The average molecular weight is 209 g/mol. The van der Waals surface area contributed by atoms with Crippen LogP contribution in [-0.2, 0) is 7.05 Å². The molecule has 2 aromatic carbocycles. The van der Waals surface area contributed by atoms with Crippen molar-refractivity contribution >= 4 is 21.7 Å². The predicted molar refractivity (Wildman–Crippen MR) is 65.2 cm³/mol. The number of aryl methyl sites for hydroxylation is 2. The Labute approximate surface area is 94.2 Å². The summed E-state index contributed by atoms with van der Waals surface area (Å²) in [5.74, 6) is 0. The number of benzene rings is 2.